The van der Waals surface area contributed by atoms with E-state index in [1.54, 1.807) is 43.3 Å². The van der Waals surface area contributed by atoms with Crippen LogP contribution in [0.3, 0.4) is 0 Å². The molecule has 0 spiro atoms. The number of aliphatic hydroxyl groups is 1. The first-order chi connectivity index (χ1) is 17.8. The van der Waals surface area contributed by atoms with Crippen molar-refractivity contribution in [2.45, 2.75) is 13.0 Å². The number of para-hydroxylation sites is 1. The summed E-state index contributed by atoms with van der Waals surface area (Å²) in [4.78, 5) is 45.2. The van der Waals surface area contributed by atoms with Gasteiger partial charge in [0.25, 0.3) is 5.91 Å². The molecule has 4 aromatic rings. The SMILES string of the molecule is C=CCOC(=O)c1sc(N2C(=O)C(O)=C(C(=O)c3cc4ccccc4o3)C2c2cccc(O)c2)nc1C. The zero-order valence-corrected chi connectivity index (χ0v) is 20.3. The maximum atomic E-state index is 13.7. The maximum absolute atomic E-state index is 13.7. The number of benzene rings is 2. The Balaban J connectivity index is 1.62. The van der Waals surface area contributed by atoms with E-state index in [1.165, 1.54) is 24.3 Å². The number of aliphatic hydroxyl groups excluding tert-OH is 1. The summed E-state index contributed by atoms with van der Waals surface area (Å²) in [7, 11) is 0. The van der Waals surface area contributed by atoms with E-state index < -0.39 is 29.5 Å². The van der Waals surface area contributed by atoms with E-state index in [0.29, 0.717) is 22.2 Å². The van der Waals surface area contributed by atoms with Gasteiger partial charge in [0.05, 0.1) is 17.3 Å². The second kappa shape index (κ2) is 9.40. The lowest BCUT2D eigenvalue weighted by Crippen LogP contribution is -2.31. The van der Waals surface area contributed by atoms with E-state index in [0.717, 1.165) is 16.2 Å². The van der Waals surface area contributed by atoms with Gasteiger partial charge in [0.1, 0.15) is 22.8 Å². The predicted molar refractivity (Wildman–Crippen MR) is 136 cm³/mol. The highest BCUT2D eigenvalue weighted by atomic mass is 32.1. The summed E-state index contributed by atoms with van der Waals surface area (Å²) in [6.07, 6.45) is 1.43. The molecular weight excluding hydrogens is 496 g/mol. The molecule has 1 unspecified atom stereocenters. The molecule has 0 aliphatic carbocycles. The van der Waals surface area contributed by atoms with Gasteiger partial charge in [-0.1, -0.05) is 54.3 Å². The van der Waals surface area contributed by atoms with E-state index >= 15 is 0 Å². The number of aryl methyl sites for hydroxylation is 1. The third kappa shape index (κ3) is 4.17. The van der Waals surface area contributed by atoms with Crippen molar-refractivity contribution in [3.8, 4) is 5.75 Å². The molecule has 2 N–H and O–H groups in total. The van der Waals surface area contributed by atoms with Crippen LogP contribution in [0.15, 0.2) is 83.0 Å². The van der Waals surface area contributed by atoms with Crippen LogP contribution in [-0.4, -0.2) is 39.5 Å². The number of nitrogens with zero attached hydrogens (tertiary/aromatic N) is 2. The van der Waals surface area contributed by atoms with Crippen molar-refractivity contribution in [3.05, 3.63) is 100 Å². The molecule has 0 bridgehead atoms. The first kappa shape index (κ1) is 24.0. The molecule has 1 aliphatic heterocycles. The molecule has 2 aromatic heterocycles. The van der Waals surface area contributed by atoms with Gasteiger partial charge in [0, 0.05) is 5.39 Å². The van der Waals surface area contributed by atoms with Crippen LogP contribution in [0.5, 0.6) is 5.75 Å². The number of Topliss-reactive ketones (excluding diaryl/α,β-unsaturated/α-hetero) is 1. The minimum absolute atomic E-state index is 0.00143. The predicted octanol–water partition coefficient (Wildman–Crippen LogP) is 5.03. The molecule has 1 atom stereocenters. The largest absolute Gasteiger partial charge is 0.508 e. The monoisotopic (exact) mass is 516 g/mol. The molecule has 10 heteroatoms. The molecule has 9 nitrogen and oxygen atoms in total. The summed E-state index contributed by atoms with van der Waals surface area (Å²) in [6.45, 7) is 5.10. The number of thiazole rings is 1. The Morgan fingerprint density at radius 1 is 1.19 bits per heavy atom. The van der Waals surface area contributed by atoms with Gasteiger partial charge in [-0.3, -0.25) is 14.5 Å². The van der Waals surface area contributed by atoms with E-state index in [9.17, 15) is 24.6 Å². The van der Waals surface area contributed by atoms with Gasteiger partial charge < -0.3 is 19.4 Å². The van der Waals surface area contributed by atoms with Crippen molar-refractivity contribution < 1.29 is 33.8 Å². The molecule has 0 radical (unpaired) electrons. The molecule has 2 aromatic carbocycles. The van der Waals surface area contributed by atoms with Crippen LogP contribution in [0.1, 0.15) is 37.5 Å². The normalized spacial score (nSPS) is 15.4. The number of furan rings is 1. The van der Waals surface area contributed by atoms with Crippen molar-refractivity contribution in [1.29, 1.82) is 0 Å². The Hall–Kier alpha value is -4.70. The van der Waals surface area contributed by atoms with Gasteiger partial charge in [0.15, 0.2) is 16.7 Å². The molecule has 5 rings (SSSR count). The van der Waals surface area contributed by atoms with Gasteiger partial charge in [0.2, 0.25) is 5.78 Å². The smallest absolute Gasteiger partial charge is 0.350 e. The number of phenolic OH excluding ortho intramolecular Hbond substituents is 1. The zero-order chi connectivity index (χ0) is 26.3. The number of fused-ring (bicyclic) bond motifs is 1. The van der Waals surface area contributed by atoms with Crippen molar-refractivity contribution >= 4 is 45.1 Å². The topological polar surface area (TPSA) is 130 Å². The summed E-state index contributed by atoms with van der Waals surface area (Å²) in [5.41, 5.74) is 0.895. The van der Waals surface area contributed by atoms with Crippen LogP contribution >= 0.6 is 11.3 Å². The van der Waals surface area contributed by atoms with Crippen LogP contribution in [0.4, 0.5) is 5.13 Å². The second-order valence-electron chi connectivity index (χ2n) is 8.21. The summed E-state index contributed by atoms with van der Waals surface area (Å²) in [6, 6.07) is 13.4. The highest BCUT2D eigenvalue weighted by Gasteiger charge is 2.47. The number of carbonyl (C=O) groups is 3. The lowest BCUT2D eigenvalue weighted by Gasteiger charge is -2.24. The number of rotatable bonds is 7. The minimum atomic E-state index is -1.15. The van der Waals surface area contributed by atoms with Crippen molar-refractivity contribution in [2.75, 3.05) is 11.5 Å². The molecule has 0 saturated heterocycles. The zero-order valence-electron chi connectivity index (χ0n) is 19.5. The molecule has 37 heavy (non-hydrogen) atoms. The molecule has 3 heterocycles. The number of carbonyl (C=O) groups excluding carboxylic acids is 3. The van der Waals surface area contributed by atoms with Gasteiger partial charge in [-0.15, -0.1) is 0 Å². The van der Waals surface area contributed by atoms with Crippen molar-refractivity contribution in [3.63, 3.8) is 0 Å². The molecule has 1 amide bonds. The number of hydrogen-bond donors (Lipinski definition) is 2. The molecule has 0 saturated carbocycles. The Bertz CT molecular complexity index is 1580. The summed E-state index contributed by atoms with van der Waals surface area (Å²) < 4.78 is 10.8. The van der Waals surface area contributed by atoms with E-state index in [2.05, 4.69) is 11.6 Å². The third-order valence-corrected chi connectivity index (χ3v) is 6.93. The van der Waals surface area contributed by atoms with Crippen LogP contribution in [0, 0.1) is 6.92 Å². The number of anilines is 1. The lowest BCUT2D eigenvalue weighted by molar-refractivity contribution is -0.117. The first-order valence-corrected chi connectivity index (χ1v) is 12.0. The molecule has 186 valence electrons. The van der Waals surface area contributed by atoms with E-state index in [-0.39, 0.29) is 33.7 Å². The van der Waals surface area contributed by atoms with Crippen molar-refractivity contribution in [1.82, 2.24) is 4.98 Å². The van der Waals surface area contributed by atoms with Gasteiger partial charge >= 0.3 is 5.97 Å². The number of ketones is 1. The summed E-state index contributed by atoms with van der Waals surface area (Å²) in [5.74, 6) is -3.16. The number of esters is 1. The minimum Gasteiger partial charge on any atom is -0.508 e. The molecular formula is C27H20N2O7S. The Morgan fingerprint density at radius 3 is 2.70 bits per heavy atom. The average molecular weight is 517 g/mol. The third-order valence-electron chi connectivity index (χ3n) is 5.80. The lowest BCUT2D eigenvalue weighted by atomic mass is 9.95. The second-order valence-corrected chi connectivity index (χ2v) is 9.19. The van der Waals surface area contributed by atoms with Crippen LogP contribution < -0.4 is 4.90 Å². The quantitative estimate of drug-likeness (QED) is 0.199. The van der Waals surface area contributed by atoms with Crippen LogP contribution in [0.2, 0.25) is 0 Å². The van der Waals surface area contributed by atoms with E-state index in [4.69, 9.17) is 9.15 Å². The highest BCUT2D eigenvalue weighted by molar-refractivity contribution is 7.17. The molecule has 0 fully saturated rings. The maximum Gasteiger partial charge on any atom is 0.350 e. The number of phenols is 1. The van der Waals surface area contributed by atoms with Crippen molar-refractivity contribution in [2.24, 2.45) is 0 Å². The number of amides is 1. The summed E-state index contributed by atoms with van der Waals surface area (Å²) >= 11 is 0.887. The fourth-order valence-electron chi connectivity index (χ4n) is 4.15. The number of ether oxygens (including phenoxy) is 1. The van der Waals surface area contributed by atoms with Crippen LogP contribution in [-0.2, 0) is 9.53 Å². The van der Waals surface area contributed by atoms with Gasteiger partial charge in [-0.05, 0) is 36.8 Å². The van der Waals surface area contributed by atoms with Crippen LogP contribution in [0.25, 0.3) is 11.0 Å². The summed E-state index contributed by atoms with van der Waals surface area (Å²) in [5, 5.41) is 21.8. The van der Waals surface area contributed by atoms with E-state index in [1.807, 2.05) is 0 Å². The fraction of sp³-hybridized carbons (Fsp3) is 0.111. The Labute approximate surface area is 214 Å². The van der Waals surface area contributed by atoms with Gasteiger partial charge in [-0.25, -0.2) is 9.78 Å². The standard InChI is InChI=1S/C27H20N2O7S/c1-3-11-35-26(34)24-14(2)28-27(37-24)29-21(16-8-6-9-17(30)12-16)20(23(32)25(29)33)22(31)19-13-15-7-4-5-10-18(15)36-19/h3-10,12-13,21,30,32H,1,11H2,2H3. The first-order valence-electron chi connectivity index (χ1n) is 11.1. The highest BCUT2D eigenvalue weighted by Crippen LogP contribution is 2.44. The molecule has 1 aliphatic rings. The fourth-order valence-corrected chi connectivity index (χ4v) is 5.13. The number of aromatic hydroxyl groups is 1. The number of hydrogen-bond acceptors (Lipinski definition) is 9. The average Bonchev–Trinajstić information content (AvgIpc) is 3.56. The Kier molecular flexibility index (Phi) is 6.10. The number of aromatic nitrogens is 1. The van der Waals surface area contributed by atoms with Gasteiger partial charge in [-0.2, -0.15) is 0 Å². The Morgan fingerprint density at radius 2 is 1.97 bits per heavy atom.